The molecule has 1 aromatic rings. The van der Waals surface area contributed by atoms with Gasteiger partial charge in [0.2, 0.25) is 0 Å². The van der Waals surface area contributed by atoms with E-state index in [1.54, 1.807) is 0 Å². The van der Waals surface area contributed by atoms with E-state index in [4.69, 9.17) is 0 Å². The van der Waals surface area contributed by atoms with Gasteiger partial charge in [-0.05, 0) is 5.92 Å². The Morgan fingerprint density at radius 3 is 2.50 bits per heavy atom. The van der Waals surface area contributed by atoms with E-state index >= 15 is 0 Å². The van der Waals surface area contributed by atoms with E-state index < -0.39 is 12.6 Å². The fourth-order valence-electron chi connectivity index (χ4n) is 0.954. The van der Waals surface area contributed by atoms with Crippen molar-refractivity contribution in [2.24, 2.45) is 0 Å². The zero-order valence-electron chi connectivity index (χ0n) is 8.06. The molecule has 0 saturated carbocycles. The van der Waals surface area contributed by atoms with Gasteiger partial charge in [-0.1, -0.05) is 13.8 Å². The highest BCUT2D eigenvalue weighted by Gasteiger charge is 2.27. The third kappa shape index (κ3) is 3.65. The standard InChI is InChI=1S/C9H12F3NS/c1-6(2)7-5-14-8(13-7)3-4-9(10,11)12/h5-6H,3-4H2,1-2H3. The molecule has 1 nitrogen and oxygen atoms in total. The van der Waals surface area contributed by atoms with Crippen LogP contribution in [0, 0.1) is 0 Å². The maximum Gasteiger partial charge on any atom is 0.389 e. The van der Waals surface area contributed by atoms with Gasteiger partial charge in [0.05, 0.1) is 10.7 Å². The van der Waals surface area contributed by atoms with E-state index in [2.05, 4.69) is 4.98 Å². The van der Waals surface area contributed by atoms with Crippen molar-refractivity contribution in [1.29, 1.82) is 0 Å². The Morgan fingerprint density at radius 1 is 1.43 bits per heavy atom. The smallest absolute Gasteiger partial charge is 0.246 e. The van der Waals surface area contributed by atoms with E-state index in [0.717, 1.165) is 5.69 Å². The quantitative estimate of drug-likeness (QED) is 0.760. The number of nitrogens with zero attached hydrogens (tertiary/aromatic N) is 1. The second kappa shape index (κ2) is 4.29. The van der Waals surface area contributed by atoms with Gasteiger partial charge in [0.15, 0.2) is 0 Å². The minimum absolute atomic E-state index is 0.000880. The third-order valence-electron chi connectivity index (χ3n) is 1.78. The van der Waals surface area contributed by atoms with Gasteiger partial charge in [-0.2, -0.15) is 13.2 Å². The second-order valence-electron chi connectivity index (χ2n) is 3.44. The van der Waals surface area contributed by atoms with Crippen molar-refractivity contribution >= 4 is 11.3 Å². The predicted octanol–water partition coefficient (Wildman–Crippen LogP) is 3.76. The first-order valence-corrected chi connectivity index (χ1v) is 5.27. The maximum atomic E-state index is 11.9. The van der Waals surface area contributed by atoms with Crippen molar-refractivity contribution in [2.75, 3.05) is 0 Å². The Bertz CT molecular complexity index is 290. The number of hydrogen-bond acceptors (Lipinski definition) is 2. The normalized spacial score (nSPS) is 12.4. The topological polar surface area (TPSA) is 12.9 Å². The molecule has 14 heavy (non-hydrogen) atoms. The SMILES string of the molecule is CC(C)c1csc(CCC(F)(F)F)n1. The highest BCUT2D eigenvalue weighted by Crippen LogP contribution is 2.24. The van der Waals surface area contributed by atoms with Crippen LogP contribution in [0.1, 0.15) is 36.9 Å². The monoisotopic (exact) mass is 223 g/mol. The lowest BCUT2D eigenvalue weighted by Gasteiger charge is -2.03. The van der Waals surface area contributed by atoms with Gasteiger partial charge in [-0.3, -0.25) is 0 Å². The molecule has 1 aromatic heterocycles. The molecule has 0 aliphatic carbocycles. The predicted molar refractivity (Wildman–Crippen MR) is 50.6 cm³/mol. The van der Waals surface area contributed by atoms with Crippen LogP contribution in [-0.4, -0.2) is 11.2 Å². The first kappa shape index (κ1) is 11.5. The summed E-state index contributed by atoms with van der Waals surface area (Å²) < 4.78 is 35.7. The fourth-order valence-corrected chi connectivity index (χ4v) is 1.91. The van der Waals surface area contributed by atoms with E-state index in [9.17, 15) is 13.2 Å². The average Bonchev–Trinajstić information content (AvgIpc) is 2.47. The van der Waals surface area contributed by atoms with Gasteiger partial charge in [-0.15, -0.1) is 11.3 Å². The Kier molecular flexibility index (Phi) is 3.53. The molecule has 0 fully saturated rings. The summed E-state index contributed by atoms with van der Waals surface area (Å²) in [5.74, 6) is 0.283. The van der Waals surface area contributed by atoms with Crippen LogP contribution >= 0.6 is 11.3 Å². The molecule has 0 unspecified atom stereocenters. The summed E-state index contributed by atoms with van der Waals surface area (Å²) in [6.45, 7) is 3.95. The summed E-state index contributed by atoms with van der Waals surface area (Å²) in [4.78, 5) is 4.13. The number of rotatable bonds is 3. The first-order chi connectivity index (χ1) is 6.38. The van der Waals surface area contributed by atoms with Crippen molar-refractivity contribution in [3.05, 3.63) is 16.1 Å². The molecular weight excluding hydrogens is 211 g/mol. The van der Waals surface area contributed by atoms with Crippen molar-refractivity contribution in [3.8, 4) is 0 Å². The van der Waals surface area contributed by atoms with Gasteiger partial charge >= 0.3 is 6.18 Å². The van der Waals surface area contributed by atoms with Crippen LogP contribution in [-0.2, 0) is 6.42 Å². The first-order valence-electron chi connectivity index (χ1n) is 4.39. The molecule has 0 atom stereocenters. The second-order valence-corrected chi connectivity index (χ2v) is 4.38. The Morgan fingerprint density at radius 2 is 2.07 bits per heavy atom. The van der Waals surface area contributed by atoms with E-state index in [1.807, 2.05) is 19.2 Å². The lowest BCUT2D eigenvalue weighted by molar-refractivity contribution is -0.134. The summed E-state index contributed by atoms with van der Waals surface area (Å²) in [5, 5.41) is 2.40. The van der Waals surface area contributed by atoms with Crippen molar-refractivity contribution < 1.29 is 13.2 Å². The fraction of sp³-hybridized carbons (Fsp3) is 0.667. The summed E-state index contributed by atoms with van der Waals surface area (Å²) >= 11 is 1.31. The van der Waals surface area contributed by atoms with E-state index in [0.29, 0.717) is 5.01 Å². The minimum Gasteiger partial charge on any atom is -0.246 e. The molecule has 0 bridgehead atoms. The summed E-state index contributed by atoms with van der Waals surface area (Å²) in [6.07, 6.45) is -4.86. The zero-order valence-corrected chi connectivity index (χ0v) is 8.87. The lowest BCUT2D eigenvalue weighted by atomic mass is 10.2. The van der Waals surface area contributed by atoms with Crippen LogP contribution in [0.15, 0.2) is 5.38 Å². The molecule has 0 amide bonds. The van der Waals surface area contributed by atoms with Crippen molar-refractivity contribution in [1.82, 2.24) is 4.98 Å². The molecule has 0 saturated heterocycles. The Hall–Kier alpha value is -0.580. The molecule has 0 aliphatic rings. The number of halogens is 3. The molecule has 0 spiro atoms. The number of alkyl halides is 3. The number of aromatic nitrogens is 1. The largest absolute Gasteiger partial charge is 0.389 e. The van der Waals surface area contributed by atoms with Crippen molar-refractivity contribution in [3.63, 3.8) is 0 Å². The molecule has 0 N–H and O–H groups in total. The minimum atomic E-state index is -4.08. The summed E-state index contributed by atoms with van der Waals surface area (Å²) in [6, 6.07) is 0. The highest BCUT2D eigenvalue weighted by atomic mass is 32.1. The molecular formula is C9H12F3NS. The van der Waals surface area contributed by atoms with Gasteiger partial charge < -0.3 is 0 Å². The molecule has 0 radical (unpaired) electrons. The van der Waals surface area contributed by atoms with Gasteiger partial charge in [-0.25, -0.2) is 4.98 Å². The Labute approximate surface area is 85.0 Å². The molecule has 0 aromatic carbocycles. The molecule has 80 valence electrons. The van der Waals surface area contributed by atoms with Crippen LogP contribution in [0.4, 0.5) is 13.2 Å². The Balaban J connectivity index is 2.52. The third-order valence-corrected chi connectivity index (χ3v) is 2.71. The van der Waals surface area contributed by atoms with Gasteiger partial charge in [0.25, 0.3) is 0 Å². The van der Waals surface area contributed by atoms with Crippen LogP contribution in [0.2, 0.25) is 0 Å². The molecule has 5 heteroatoms. The van der Waals surface area contributed by atoms with Crippen LogP contribution in [0.25, 0.3) is 0 Å². The van der Waals surface area contributed by atoms with Crippen molar-refractivity contribution in [2.45, 2.75) is 38.8 Å². The average molecular weight is 223 g/mol. The molecule has 1 heterocycles. The lowest BCUT2D eigenvalue weighted by Crippen LogP contribution is -2.08. The molecule has 0 aliphatic heterocycles. The number of thiazole rings is 1. The van der Waals surface area contributed by atoms with Gasteiger partial charge in [0, 0.05) is 18.2 Å². The van der Waals surface area contributed by atoms with E-state index in [-0.39, 0.29) is 12.3 Å². The number of aryl methyl sites for hydroxylation is 1. The summed E-state index contributed by atoms with van der Waals surface area (Å²) in [7, 11) is 0. The number of hydrogen-bond donors (Lipinski definition) is 0. The molecule has 1 rings (SSSR count). The zero-order chi connectivity index (χ0) is 10.8. The van der Waals surface area contributed by atoms with Crippen LogP contribution in [0.3, 0.4) is 0 Å². The van der Waals surface area contributed by atoms with Crippen LogP contribution in [0.5, 0.6) is 0 Å². The highest BCUT2D eigenvalue weighted by molar-refractivity contribution is 7.09. The van der Waals surface area contributed by atoms with Crippen LogP contribution < -0.4 is 0 Å². The summed E-state index contributed by atoms with van der Waals surface area (Å²) in [5.41, 5.74) is 0.882. The maximum absolute atomic E-state index is 11.9. The van der Waals surface area contributed by atoms with E-state index in [1.165, 1.54) is 11.3 Å². The van der Waals surface area contributed by atoms with Gasteiger partial charge in [0.1, 0.15) is 0 Å².